The van der Waals surface area contributed by atoms with E-state index in [4.69, 9.17) is 9.94 Å². The molecule has 0 fully saturated rings. The summed E-state index contributed by atoms with van der Waals surface area (Å²) < 4.78 is 6.54. The fourth-order valence-corrected chi connectivity index (χ4v) is 5.05. The Hall–Kier alpha value is -4.74. The number of carbonyl (C=O) groups is 4. The molecule has 0 unspecified atom stereocenters. The molecule has 0 saturated heterocycles. The summed E-state index contributed by atoms with van der Waals surface area (Å²) in [6.45, 7) is 0.274. The topological polar surface area (TPSA) is 154 Å². The number of carboxylic acid groups (broad SMARTS) is 1. The van der Waals surface area contributed by atoms with Crippen molar-refractivity contribution in [2.24, 2.45) is 0 Å². The van der Waals surface area contributed by atoms with E-state index in [0.29, 0.717) is 22.7 Å². The van der Waals surface area contributed by atoms with E-state index in [0.717, 1.165) is 21.2 Å². The average Bonchev–Trinajstić information content (AvgIpc) is 3.39. The van der Waals surface area contributed by atoms with E-state index in [1.165, 1.54) is 11.3 Å². The minimum absolute atomic E-state index is 0.129. The number of hydrogen-bond donors (Lipinski definition) is 5. The molecule has 41 heavy (non-hydrogen) atoms. The van der Waals surface area contributed by atoms with E-state index in [1.807, 2.05) is 30.3 Å². The van der Waals surface area contributed by atoms with Crippen molar-refractivity contribution in [3.05, 3.63) is 94.9 Å². The van der Waals surface area contributed by atoms with Gasteiger partial charge in [-0.3, -0.25) is 19.6 Å². The lowest BCUT2D eigenvalue weighted by atomic mass is 10.1. The Morgan fingerprint density at radius 1 is 0.878 bits per heavy atom. The largest absolute Gasteiger partial charge is 0.494 e. The molecule has 0 bridgehead atoms. The number of aliphatic carboxylic acids is 1. The first-order valence-electron chi connectivity index (χ1n) is 12.9. The van der Waals surface area contributed by atoms with Crippen LogP contribution >= 0.6 is 11.3 Å². The molecule has 1 aromatic heterocycles. The molecule has 0 aliphatic heterocycles. The number of nitrogens with one attached hydrogen (secondary N) is 3. The van der Waals surface area contributed by atoms with Crippen molar-refractivity contribution in [2.75, 3.05) is 11.9 Å². The summed E-state index contributed by atoms with van der Waals surface area (Å²) in [6, 6.07) is 22.1. The van der Waals surface area contributed by atoms with E-state index in [9.17, 15) is 24.3 Å². The highest BCUT2D eigenvalue weighted by Gasteiger charge is 2.20. The van der Waals surface area contributed by atoms with Crippen molar-refractivity contribution in [3.63, 3.8) is 0 Å². The minimum atomic E-state index is -1.08. The molecule has 4 rings (SSSR count). The zero-order valence-electron chi connectivity index (χ0n) is 22.0. The third-order valence-corrected chi connectivity index (χ3v) is 7.26. The first-order valence-corrected chi connectivity index (χ1v) is 13.7. The van der Waals surface area contributed by atoms with Gasteiger partial charge in [-0.25, -0.2) is 10.3 Å². The van der Waals surface area contributed by atoms with Crippen molar-refractivity contribution >= 4 is 50.8 Å². The van der Waals surface area contributed by atoms with Crippen LogP contribution in [-0.4, -0.2) is 46.7 Å². The molecule has 5 N–H and O–H groups in total. The van der Waals surface area contributed by atoms with Gasteiger partial charge in [0.05, 0.1) is 17.9 Å². The Kier molecular flexibility index (Phi) is 10.0. The van der Waals surface area contributed by atoms with Crippen molar-refractivity contribution < 1.29 is 34.2 Å². The fourth-order valence-electron chi connectivity index (χ4n) is 4.12. The van der Waals surface area contributed by atoms with Crippen molar-refractivity contribution in [3.8, 4) is 5.75 Å². The zero-order valence-corrected chi connectivity index (χ0v) is 22.8. The van der Waals surface area contributed by atoms with Gasteiger partial charge < -0.3 is 20.5 Å². The zero-order chi connectivity index (χ0) is 29.2. The smallest absolute Gasteiger partial charge is 0.326 e. The molecular formula is C30H29N3O7S. The van der Waals surface area contributed by atoms with E-state index < -0.39 is 17.9 Å². The van der Waals surface area contributed by atoms with Crippen LogP contribution in [0.2, 0.25) is 0 Å². The Labute approximate surface area is 239 Å². The lowest BCUT2D eigenvalue weighted by Crippen LogP contribution is -2.42. The molecule has 1 heterocycles. The summed E-state index contributed by atoms with van der Waals surface area (Å²) in [7, 11) is 0. The molecule has 11 heteroatoms. The SMILES string of the molecule is O=C(Cc1ccc(OCCCC(=O)N[C@@H](Cc2ccccc2)C(=O)O)cc1)Nc1ccc2sc(C(=O)NO)cc2c1. The van der Waals surface area contributed by atoms with Crippen LogP contribution in [0.5, 0.6) is 5.75 Å². The highest BCUT2D eigenvalue weighted by atomic mass is 32.1. The Balaban J connectivity index is 1.19. The Morgan fingerprint density at radius 3 is 2.34 bits per heavy atom. The second kappa shape index (κ2) is 14.1. The van der Waals surface area contributed by atoms with Gasteiger partial charge in [-0.1, -0.05) is 42.5 Å². The van der Waals surface area contributed by atoms with Gasteiger partial charge in [-0.15, -0.1) is 11.3 Å². The molecule has 3 aromatic carbocycles. The number of hydrogen-bond acceptors (Lipinski definition) is 7. The summed E-state index contributed by atoms with van der Waals surface area (Å²) in [6.07, 6.45) is 0.894. The van der Waals surface area contributed by atoms with E-state index in [1.54, 1.807) is 54.0 Å². The van der Waals surface area contributed by atoms with Gasteiger partial charge in [-0.05, 0) is 59.3 Å². The van der Waals surface area contributed by atoms with Gasteiger partial charge in [0.25, 0.3) is 5.91 Å². The maximum absolute atomic E-state index is 12.5. The molecule has 10 nitrogen and oxygen atoms in total. The van der Waals surface area contributed by atoms with E-state index >= 15 is 0 Å². The quantitative estimate of drug-likeness (QED) is 0.0911. The standard InChI is InChI=1S/C30H29N3O7S/c34-27(32-24(30(37)38)15-19-5-2-1-3-6-19)7-4-14-40-23-11-8-20(9-12-23)16-28(35)31-22-10-13-25-21(17-22)18-26(41-25)29(36)33-39/h1-3,5-6,8-13,17-18,24,39H,4,7,14-16H2,(H,31,35)(H,32,34)(H,33,36)(H,37,38)/t24-/m0/s1. The molecule has 3 amide bonds. The maximum atomic E-state index is 12.5. The number of carbonyl (C=O) groups excluding carboxylic acids is 3. The number of rotatable bonds is 13. The fraction of sp³-hybridized carbons (Fsp3) is 0.200. The van der Waals surface area contributed by atoms with E-state index in [2.05, 4.69) is 10.6 Å². The van der Waals surface area contributed by atoms with Crippen LogP contribution in [0, 0.1) is 0 Å². The molecule has 0 aliphatic rings. The second-order valence-electron chi connectivity index (χ2n) is 9.27. The Bertz CT molecular complexity index is 1520. The van der Waals surface area contributed by atoms with Crippen molar-refractivity contribution in [2.45, 2.75) is 31.7 Å². The number of amides is 3. The van der Waals surface area contributed by atoms with Crippen LogP contribution in [0.4, 0.5) is 5.69 Å². The highest BCUT2D eigenvalue weighted by molar-refractivity contribution is 7.20. The monoisotopic (exact) mass is 575 g/mol. The molecule has 212 valence electrons. The average molecular weight is 576 g/mol. The first-order chi connectivity index (χ1) is 19.8. The number of ether oxygens (including phenoxy) is 1. The van der Waals surface area contributed by atoms with Gasteiger partial charge in [0.1, 0.15) is 11.8 Å². The summed E-state index contributed by atoms with van der Waals surface area (Å²) in [4.78, 5) is 48.3. The second-order valence-corrected chi connectivity index (χ2v) is 10.4. The lowest BCUT2D eigenvalue weighted by Gasteiger charge is -2.15. The maximum Gasteiger partial charge on any atom is 0.326 e. The summed E-state index contributed by atoms with van der Waals surface area (Å²) in [5.74, 6) is -1.64. The van der Waals surface area contributed by atoms with Gasteiger partial charge in [-0.2, -0.15) is 0 Å². The third-order valence-electron chi connectivity index (χ3n) is 6.15. The summed E-state index contributed by atoms with van der Waals surface area (Å²) in [5, 5.41) is 24.4. The summed E-state index contributed by atoms with van der Waals surface area (Å²) >= 11 is 1.24. The number of anilines is 1. The van der Waals surface area contributed by atoms with Gasteiger partial charge in [0, 0.05) is 23.2 Å². The van der Waals surface area contributed by atoms with Gasteiger partial charge in [0.2, 0.25) is 11.8 Å². The van der Waals surface area contributed by atoms with Crippen LogP contribution in [0.3, 0.4) is 0 Å². The van der Waals surface area contributed by atoms with E-state index in [-0.39, 0.29) is 37.7 Å². The van der Waals surface area contributed by atoms with Crippen LogP contribution in [0.15, 0.2) is 78.9 Å². The number of carboxylic acids is 1. The normalized spacial score (nSPS) is 11.4. The molecule has 0 saturated carbocycles. The van der Waals surface area contributed by atoms with Crippen LogP contribution in [0.25, 0.3) is 10.1 Å². The lowest BCUT2D eigenvalue weighted by molar-refractivity contribution is -0.141. The molecule has 1 atom stereocenters. The molecule has 4 aromatic rings. The minimum Gasteiger partial charge on any atom is -0.494 e. The highest BCUT2D eigenvalue weighted by Crippen LogP contribution is 2.28. The number of hydroxylamine groups is 1. The van der Waals surface area contributed by atoms with Crippen LogP contribution < -0.4 is 20.9 Å². The number of benzene rings is 3. The molecular weight excluding hydrogens is 546 g/mol. The molecule has 0 radical (unpaired) electrons. The molecule has 0 aliphatic carbocycles. The third kappa shape index (κ3) is 8.62. The Morgan fingerprint density at radius 2 is 1.63 bits per heavy atom. The van der Waals surface area contributed by atoms with Crippen molar-refractivity contribution in [1.82, 2.24) is 10.8 Å². The molecule has 0 spiro atoms. The predicted octanol–water partition coefficient (Wildman–Crippen LogP) is 4.17. The summed E-state index contributed by atoms with van der Waals surface area (Å²) in [5.41, 5.74) is 3.82. The number of fused-ring (bicyclic) bond motifs is 1. The van der Waals surface area contributed by atoms with Crippen LogP contribution in [0.1, 0.15) is 33.6 Å². The van der Waals surface area contributed by atoms with Crippen LogP contribution in [-0.2, 0) is 27.2 Å². The predicted molar refractivity (Wildman–Crippen MR) is 154 cm³/mol. The first kappa shape index (κ1) is 29.2. The number of thiophene rings is 1. The van der Waals surface area contributed by atoms with Gasteiger partial charge >= 0.3 is 5.97 Å². The van der Waals surface area contributed by atoms with Gasteiger partial charge in [0.15, 0.2) is 0 Å². The van der Waals surface area contributed by atoms with Crippen molar-refractivity contribution in [1.29, 1.82) is 0 Å².